The summed E-state index contributed by atoms with van der Waals surface area (Å²) in [5.41, 5.74) is 1.91. The lowest BCUT2D eigenvalue weighted by atomic mass is 9.87. The Morgan fingerprint density at radius 3 is 2.30 bits per heavy atom. The van der Waals surface area contributed by atoms with Crippen LogP contribution in [0.4, 0.5) is 0 Å². The Labute approximate surface area is 174 Å². The first-order valence-corrected chi connectivity index (χ1v) is 9.88. The fourth-order valence-electron chi connectivity index (χ4n) is 2.37. The SMILES string of the molecule is CC(C)(C)c1ccc(OCCNC(=O)CNC(=O)c2ccccc2I)cc1. The van der Waals surface area contributed by atoms with E-state index in [1.807, 2.05) is 36.4 Å². The number of benzene rings is 2. The van der Waals surface area contributed by atoms with E-state index in [0.717, 1.165) is 9.32 Å². The third-order valence-electron chi connectivity index (χ3n) is 3.94. The Hall–Kier alpha value is -2.09. The molecule has 0 unspecified atom stereocenters. The molecule has 0 aliphatic rings. The number of amides is 2. The van der Waals surface area contributed by atoms with E-state index in [1.165, 1.54) is 5.56 Å². The smallest absolute Gasteiger partial charge is 0.252 e. The van der Waals surface area contributed by atoms with Gasteiger partial charge in [-0.1, -0.05) is 45.0 Å². The number of carbonyl (C=O) groups is 2. The maximum atomic E-state index is 12.1. The maximum absolute atomic E-state index is 12.1. The van der Waals surface area contributed by atoms with Crippen molar-refractivity contribution in [1.29, 1.82) is 0 Å². The van der Waals surface area contributed by atoms with E-state index in [4.69, 9.17) is 4.74 Å². The molecule has 0 spiro atoms. The van der Waals surface area contributed by atoms with E-state index in [1.54, 1.807) is 12.1 Å². The van der Waals surface area contributed by atoms with Gasteiger partial charge in [0.25, 0.3) is 5.91 Å². The quantitative estimate of drug-likeness (QED) is 0.471. The Bertz CT molecular complexity index is 783. The third-order valence-corrected chi connectivity index (χ3v) is 4.88. The van der Waals surface area contributed by atoms with Gasteiger partial charge in [-0.15, -0.1) is 0 Å². The van der Waals surface area contributed by atoms with Gasteiger partial charge in [-0.25, -0.2) is 0 Å². The van der Waals surface area contributed by atoms with E-state index < -0.39 is 0 Å². The Morgan fingerprint density at radius 1 is 1.00 bits per heavy atom. The van der Waals surface area contributed by atoms with Crippen molar-refractivity contribution in [2.24, 2.45) is 0 Å². The lowest BCUT2D eigenvalue weighted by Gasteiger charge is -2.19. The Morgan fingerprint density at radius 2 is 1.67 bits per heavy atom. The highest BCUT2D eigenvalue weighted by atomic mass is 127. The largest absolute Gasteiger partial charge is 0.492 e. The van der Waals surface area contributed by atoms with Crippen molar-refractivity contribution in [1.82, 2.24) is 10.6 Å². The number of hydrogen-bond acceptors (Lipinski definition) is 3. The van der Waals surface area contributed by atoms with E-state index in [-0.39, 0.29) is 23.8 Å². The molecule has 0 saturated heterocycles. The predicted octanol–water partition coefficient (Wildman–Crippen LogP) is 3.51. The minimum absolute atomic E-state index is 0.0654. The van der Waals surface area contributed by atoms with Gasteiger partial charge >= 0.3 is 0 Å². The van der Waals surface area contributed by atoms with E-state index in [0.29, 0.717) is 18.7 Å². The molecule has 0 atom stereocenters. The highest BCUT2D eigenvalue weighted by Gasteiger charge is 2.13. The molecule has 0 aliphatic carbocycles. The molecule has 144 valence electrons. The second kappa shape index (κ2) is 9.73. The number of carbonyl (C=O) groups excluding carboxylic acids is 2. The topological polar surface area (TPSA) is 67.4 Å². The zero-order valence-electron chi connectivity index (χ0n) is 15.8. The van der Waals surface area contributed by atoms with Crippen LogP contribution in [0.2, 0.25) is 0 Å². The maximum Gasteiger partial charge on any atom is 0.252 e. The van der Waals surface area contributed by atoms with Crippen molar-refractivity contribution < 1.29 is 14.3 Å². The molecule has 0 aliphatic heterocycles. The van der Waals surface area contributed by atoms with Crippen molar-refractivity contribution in [2.45, 2.75) is 26.2 Å². The molecule has 2 amide bonds. The monoisotopic (exact) mass is 480 g/mol. The van der Waals surface area contributed by atoms with Crippen molar-refractivity contribution in [3.05, 3.63) is 63.2 Å². The number of halogens is 1. The minimum Gasteiger partial charge on any atom is -0.492 e. The number of hydrogen-bond donors (Lipinski definition) is 2. The van der Waals surface area contributed by atoms with E-state index >= 15 is 0 Å². The average Bonchev–Trinajstić information content (AvgIpc) is 2.63. The van der Waals surface area contributed by atoms with Crippen molar-refractivity contribution in [3.63, 3.8) is 0 Å². The summed E-state index contributed by atoms with van der Waals surface area (Å²) < 4.78 is 6.48. The molecular weight excluding hydrogens is 455 g/mol. The molecule has 0 saturated carbocycles. The van der Waals surface area contributed by atoms with Crippen LogP contribution in [0.3, 0.4) is 0 Å². The molecule has 2 aromatic carbocycles. The normalized spacial score (nSPS) is 11.0. The van der Waals surface area contributed by atoms with Crippen molar-refractivity contribution >= 4 is 34.4 Å². The molecule has 0 radical (unpaired) electrons. The molecule has 0 fully saturated rings. The van der Waals surface area contributed by atoms with Crippen LogP contribution < -0.4 is 15.4 Å². The lowest BCUT2D eigenvalue weighted by Crippen LogP contribution is -2.38. The highest BCUT2D eigenvalue weighted by Crippen LogP contribution is 2.24. The molecule has 6 heteroatoms. The molecule has 2 aromatic rings. The van der Waals surface area contributed by atoms with Crippen LogP contribution in [0.25, 0.3) is 0 Å². The molecule has 2 rings (SSSR count). The van der Waals surface area contributed by atoms with Crippen molar-refractivity contribution in [2.75, 3.05) is 19.7 Å². The van der Waals surface area contributed by atoms with Crippen LogP contribution in [0, 0.1) is 3.57 Å². The highest BCUT2D eigenvalue weighted by molar-refractivity contribution is 14.1. The van der Waals surface area contributed by atoms with Gasteiger partial charge in [-0.2, -0.15) is 0 Å². The van der Waals surface area contributed by atoms with Gasteiger partial charge in [-0.3, -0.25) is 9.59 Å². The minimum atomic E-state index is -0.259. The van der Waals surface area contributed by atoms with Crippen LogP contribution >= 0.6 is 22.6 Å². The average molecular weight is 480 g/mol. The zero-order chi connectivity index (χ0) is 19.9. The van der Waals surface area contributed by atoms with Crippen LogP contribution in [0.5, 0.6) is 5.75 Å². The second-order valence-corrected chi connectivity index (χ2v) is 8.30. The van der Waals surface area contributed by atoms with Gasteiger partial charge in [0.2, 0.25) is 5.91 Å². The summed E-state index contributed by atoms with van der Waals surface area (Å²) in [5, 5.41) is 5.35. The van der Waals surface area contributed by atoms with Crippen LogP contribution in [-0.4, -0.2) is 31.5 Å². The van der Waals surface area contributed by atoms with Gasteiger partial charge in [-0.05, 0) is 57.8 Å². The molecule has 2 N–H and O–H groups in total. The summed E-state index contributed by atoms with van der Waals surface area (Å²) in [4.78, 5) is 23.9. The Kier molecular flexibility index (Phi) is 7.65. The van der Waals surface area contributed by atoms with Crippen molar-refractivity contribution in [3.8, 4) is 5.75 Å². The molecule has 27 heavy (non-hydrogen) atoms. The number of nitrogens with one attached hydrogen (secondary N) is 2. The summed E-state index contributed by atoms with van der Waals surface area (Å²) in [6, 6.07) is 15.2. The summed E-state index contributed by atoms with van der Waals surface area (Å²) in [5.74, 6) is 0.260. The summed E-state index contributed by atoms with van der Waals surface area (Å²) in [6.45, 7) is 7.16. The molecule has 0 aromatic heterocycles. The first-order valence-electron chi connectivity index (χ1n) is 8.80. The zero-order valence-corrected chi connectivity index (χ0v) is 18.0. The molecule has 0 bridgehead atoms. The van der Waals surface area contributed by atoms with Gasteiger partial charge in [0, 0.05) is 3.57 Å². The number of rotatable bonds is 7. The van der Waals surface area contributed by atoms with Gasteiger partial charge in [0.15, 0.2) is 0 Å². The number of ether oxygens (including phenoxy) is 1. The first-order chi connectivity index (χ1) is 12.8. The predicted molar refractivity (Wildman–Crippen MR) is 115 cm³/mol. The standard InChI is InChI=1S/C21H25IN2O3/c1-21(2,3)15-8-10-16(11-9-15)27-13-12-23-19(25)14-24-20(26)17-6-4-5-7-18(17)22/h4-11H,12-14H2,1-3H3,(H,23,25)(H,24,26). The van der Waals surface area contributed by atoms with Crippen LogP contribution in [0.15, 0.2) is 48.5 Å². The van der Waals surface area contributed by atoms with E-state index in [9.17, 15) is 9.59 Å². The molecular formula is C21H25IN2O3. The fraction of sp³-hybridized carbons (Fsp3) is 0.333. The Balaban J connectivity index is 1.67. The summed E-state index contributed by atoms with van der Waals surface area (Å²) >= 11 is 2.09. The van der Waals surface area contributed by atoms with Gasteiger partial charge in [0.1, 0.15) is 12.4 Å². The third kappa shape index (κ3) is 6.86. The second-order valence-electron chi connectivity index (χ2n) is 7.14. The van der Waals surface area contributed by atoms with E-state index in [2.05, 4.69) is 54.0 Å². The molecule has 0 heterocycles. The fourth-order valence-corrected chi connectivity index (χ4v) is 3.01. The first kappa shape index (κ1) is 21.2. The van der Waals surface area contributed by atoms with Crippen LogP contribution in [0.1, 0.15) is 36.7 Å². The van der Waals surface area contributed by atoms with Gasteiger partial charge < -0.3 is 15.4 Å². The van der Waals surface area contributed by atoms with Crippen LogP contribution in [-0.2, 0) is 10.2 Å². The summed E-state index contributed by atoms with van der Waals surface area (Å²) in [6.07, 6.45) is 0. The summed E-state index contributed by atoms with van der Waals surface area (Å²) in [7, 11) is 0. The lowest BCUT2D eigenvalue weighted by molar-refractivity contribution is -0.120. The molecule has 5 nitrogen and oxygen atoms in total. The van der Waals surface area contributed by atoms with Gasteiger partial charge in [0.05, 0.1) is 18.7 Å².